The SMILES string of the molecule is COC(=O)N[C@@H]1[C@H](N)CN(c2ccncc2Nc2ncc3ccc(-c4c(F)cc(C5(F)COC5)cc4F)nn23)C[C@@H]1C. The maximum Gasteiger partial charge on any atom is 0.407 e. The lowest BCUT2D eigenvalue weighted by molar-refractivity contribution is -0.135. The lowest BCUT2D eigenvalue weighted by Gasteiger charge is -2.42. The Hall–Kier alpha value is -4.43. The third-order valence-corrected chi connectivity index (χ3v) is 7.73. The Labute approximate surface area is 238 Å². The highest BCUT2D eigenvalue weighted by atomic mass is 19.1. The minimum Gasteiger partial charge on any atom is -0.453 e. The van der Waals surface area contributed by atoms with Gasteiger partial charge in [0.15, 0.2) is 5.67 Å². The highest BCUT2D eigenvalue weighted by Gasteiger charge is 2.42. The number of ether oxygens (including phenoxy) is 2. The average Bonchev–Trinajstić information content (AvgIpc) is 3.35. The van der Waals surface area contributed by atoms with E-state index >= 15 is 8.78 Å². The fourth-order valence-corrected chi connectivity index (χ4v) is 5.47. The number of hydrogen-bond acceptors (Lipinski definition) is 9. The summed E-state index contributed by atoms with van der Waals surface area (Å²) in [7, 11) is 1.31. The maximum atomic E-state index is 15.1. The quantitative estimate of drug-likeness (QED) is 0.313. The van der Waals surface area contributed by atoms with Crippen LogP contribution in [0.1, 0.15) is 12.5 Å². The van der Waals surface area contributed by atoms with E-state index in [4.69, 9.17) is 15.2 Å². The number of alkyl carbamates (subject to hydrolysis) is 1. The van der Waals surface area contributed by atoms with Gasteiger partial charge in [0.05, 0.1) is 66.9 Å². The van der Waals surface area contributed by atoms with Crippen LogP contribution in [-0.4, -0.2) is 71.2 Å². The zero-order valence-corrected chi connectivity index (χ0v) is 22.9. The molecule has 2 aliphatic rings. The van der Waals surface area contributed by atoms with Gasteiger partial charge >= 0.3 is 6.09 Å². The van der Waals surface area contributed by atoms with E-state index in [-0.39, 0.29) is 54.0 Å². The van der Waals surface area contributed by atoms with Crippen molar-refractivity contribution < 1.29 is 27.4 Å². The molecule has 14 heteroatoms. The maximum absolute atomic E-state index is 15.1. The van der Waals surface area contributed by atoms with Crippen LogP contribution in [0.15, 0.2) is 48.9 Å². The summed E-state index contributed by atoms with van der Waals surface area (Å²) >= 11 is 0. The van der Waals surface area contributed by atoms with Gasteiger partial charge in [0.25, 0.3) is 0 Å². The van der Waals surface area contributed by atoms with Crippen molar-refractivity contribution >= 4 is 28.9 Å². The molecule has 2 fully saturated rings. The number of hydrogen-bond donors (Lipinski definition) is 3. The zero-order valence-electron chi connectivity index (χ0n) is 22.9. The van der Waals surface area contributed by atoms with Crippen molar-refractivity contribution in [1.82, 2.24) is 24.9 Å². The molecule has 220 valence electrons. The Balaban J connectivity index is 1.28. The molecule has 0 spiro atoms. The van der Waals surface area contributed by atoms with Gasteiger partial charge in [-0.15, -0.1) is 0 Å². The average molecular weight is 583 g/mol. The number of nitrogens with one attached hydrogen (secondary N) is 2. The van der Waals surface area contributed by atoms with Crippen LogP contribution < -0.4 is 21.3 Å². The van der Waals surface area contributed by atoms with E-state index in [1.165, 1.54) is 17.7 Å². The summed E-state index contributed by atoms with van der Waals surface area (Å²) in [6.07, 6.45) is 4.32. The standard InChI is InChI=1S/C28H29F3N8O3/c1-15-11-38(12-20(32)25(15)36-27(40)41-2)23-5-6-33-10-22(23)35-26-34-9-17-3-4-21(37-39(17)26)24-18(29)7-16(8-19(24)30)28(31)13-42-14-28/h3-10,15,20,25H,11-14,32H2,1-2H3,(H,34,35)(H,36,40)/t15-,20+,25-/m0/s1. The zero-order chi connectivity index (χ0) is 29.6. The van der Waals surface area contributed by atoms with Gasteiger partial charge in [-0.05, 0) is 41.8 Å². The first-order chi connectivity index (χ1) is 20.2. The predicted molar refractivity (Wildman–Crippen MR) is 148 cm³/mol. The Morgan fingerprint density at radius 1 is 1.17 bits per heavy atom. The second kappa shape index (κ2) is 10.8. The largest absolute Gasteiger partial charge is 0.453 e. The monoisotopic (exact) mass is 582 g/mol. The van der Waals surface area contributed by atoms with Gasteiger partial charge in [-0.1, -0.05) is 6.92 Å². The van der Waals surface area contributed by atoms with E-state index in [2.05, 4.69) is 30.6 Å². The summed E-state index contributed by atoms with van der Waals surface area (Å²) in [5, 5.41) is 10.5. The molecule has 1 aromatic carbocycles. The summed E-state index contributed by atoms with van der Waals surface area (Å²) in [6.45, 7) is 2.54. The molecule has 3 aromatic heterocycles. The van der Waals surface area contributed by atoms with Crippen LogP contribution >= 0.6 is 0 Å². The molecule has 2 saturated heterocycles. The number of rotatable bonds is 6. The minimum atomic E-state index is -1.91. The molecule has 0 unspecified atom stereocenters. The Morgan fingerprint density at radius 2 is 1.93 bits per heavy atom. The van der Waals surface area contributed by atoms with E-state index < -0.39 is 23.4 Å². The van der Waals surface area contributed by atoms with Crippen molar-refractivity contribution in [3.63, 3.8) is 0 Å². The van der Waals surface area contributed by atoms with Crippen molar-refractivity contribution in [2.75, 3.05) is 43.6 Å². The van der Waals surface area contributed by atoms with Crippen LogP contribution in [0.3, 0.4) is 0 Å². The number of benzene rings is 1. The van der Waals surface area contributed by atoms with Crippen LogP contribution in [0.2, 0.25) is 0 Å². The van der Waals surface area contributed by atoms with Crippen molar-refractivity contribution in [2.24, 2.45) is 11.7 Å². The number of halogens is 3. The minimum absolute atomic E-state index is 0.00520. The molecule has 11 nitrogen and oxygen atoms in total. The van der Waals surface area contributed by atoms with E-state index in [0.29, 0.717) is 24.3 Å². The van der Waals surface area contributed by atoms with E-state index in [0.717, 1.165) is 17.8 Å². The van der Waals surface area contributed by atoms with E-state index in [1.54, 1.807) is 24.7 Å². The van der Waals surface area contributed by atoms with E-state index in [9.17, 15) is 9.18 Å². The van der Waals surface area contributed by atoms with Crippen molar-refractivity contribution in [1.29, 1.82) is 0 Å². The highest BCUT2D eigenvalue weighted by Crippen LogP contribution is 2.37. The topological polar surface area (TPSA) is 132 Å². The Morgan fingerprint density at radius 3 is 2.60 bits per heavy atom. The van der Waals surface area contributed by atoms with Crippen LogP contribution in [0.5, 0.6) is 0 Å². The predicted octanol–water partition coefficient (Wildman–Crippen LogP) is 3.52. The number of carbonyl (C=O) groups excluding carboxylic acids is 1. The molecule has 5 heterocycles. The first kappa shape index (κ1) is 27.7. The number of piperidine rings is 1. The number of alkyl halides is 1. The third kappa shape index (κ3) is 4.96. The summed E-state index contributed by atoms with van der Waals surface area (Å²) in [4.78, 5) is 22.5. The number of pyridine rings is 1. The molecule has 4 aromatic rings. The number of amides is 1. The number of imidazole rings is 1. The van der Waals surface area contributed by atoms with Crippen LogP contribution in [0, 0.1) is 17.6 Å². The third-order valence-electron chi connectivity index (χ3n) is 7.73. The Bertz CT molecular complexity index is 1610. The van der Waals surface area contributed by atoms with Crippen LogP contribution in [0.4, 0.5) is 35.3 Å². The molecule has 0 saturated carbocycles. The van der Waals surface area contributed by atoms with Gasteiger partial charge in [-0.25, -0.2) is 22.9 Å². The normalized spacial score (nSPS) is 21.6. The van der Waals surface area contributed by atoms with Gasteiger partial charge in [0.2, 0.25) is 5.95 Å². The molecule has 0 radical (unpaired) electrons. The summed E-state index contributed by atoms with van der Waals surface area (Å²) in [5.41, 5.74) is 6.03. The number of nitrogens with zero attached hydrogens (tertiary/aromatic N) is 5. The van der Waals surface area contributed by atoms with Crippen LogP contribution in [-0.2, 0) is 15.1 Å². The summed E-state index contributed by atoms with van der Waals surface area (Å²) in [6, 6.07) is 6.28. The second-order valence-corrected chi connectivity index (χ2v) is 10.6. The number of fused-ring (bicyclic) bond motifs is 1. The number of anilines is 3. The van der Waals surface area contributed by atoms with Crippen molar-refractivity contribution in [2.45, 2.75) is 24.7 Å². The fraction of sp³-hybridized carbons (Fsp3) is 0.357. The van der Waals surface area contributed by atoms with Crippen LogP contribution in [0.25, 0.3) is 16.8 Å². The summed E-state index contributed by atoms with van der Waals surface area (Å²) < 4.78 is 56.0. The highest BCUT2D eigenvalue weighted by molar-refractivity contribution is 5.74. The molecule has 1 amide bonds. The van der Waals surface area contributed by atoms with Gasteiger partial charge < -0.3 is 30.7 Å². The molecule has 0 bridgehead atoms. The van der Waals surface area contributed by atoms with Gasteiger partial charge in [-0.2, -0.15) is 9.61 Å². The van der Waals surface area contributed by atoms with Crippen molar-refractivity contribution in [3.8, 4) is 11.3 Å². The van der Waals surface area contributed by atoms with Crippen molar-refractivity contribution in [3.05, 3.63) is 66.1 Å². The lowest BCUT2D eigenvalue weighted by atomic mass is 9.90. The molecular weight excluding hydrogens is 553 g/mol. The summed E-state index contributed by atoms with van der Waals surface area (Å²) in [5.74, 6) is -1.57. The van der Waals surface area contributed by atoms with Gasteiger partial charge in [0, 0.05) is 25.3 Å². The number of carbonyl (C=O) groups is 1. The molecule has 6 rings (SSSR count). The number of nitrogens with two attached hydrogens (primary N) is 1. The Kier molecular flexibility index (Phi) is 7.10. The molecule has 2 aliphatic heterocycles. The van der Waals surface area contributed by atoms with E-state index in [1.807, 2.05) is 13.0 Å². The smallest absolute Gasteiger partial charge is 0.407 e. The van der Waals surface area contributed by atoms with Gasteiger partial charge in [-0.3, -0.25) is 4.98 Å². The molecule has 42 heavy (non-hydrogen) atoms. The molecule has 3 atom stereocenters. The fourth-order valence-electron chi connectivity index (χ4n) is 5.47. The first-order valence-electron chi connectivity index (χ1n) is 13.3. The number of aromatic nitrogens is 4. The molecular formula is C28H29F3N8O3. The molecule has 0 aliphatic carbocycles. The number of methoxy groups -OCH3 is 1. The van der Waals surface area contributed by atoms with Gasteiger partial charge in [0.1, 0.15) is 11.6 Å². The second-order valence-electron chi connectivity index (χ2n) is 10.6. The molecule has 4 N–H and O–H groups in total. The first-order valence-corrected chi connectivity index (χ1v) is 13.3. The lowest BCUT2D eigenvalue weighted by Crippen LogP contribution is -2.62.